The van der Waals surface area contributed by atoms with Crippen LogP contribution in [0.4, 0.5) is 0 Å². The van der Waals surface area contributed by atoms with Crippen molar-refractivity contribution < 1.29 is 0 Å². The highest BCUT2D eigenvalue weighted by molar-refractivity contribution is 9.10. The Morgan fingerprint density at radius 2 is 1.69 bits per heavy atom. The first kappa shape index (κ1) is 13.5. The number of hydrogen-bond acceptors (Lipinski definition) is 0. The van der Waals surface area contributed by atoms with Gasteiger partial charge >= 0.3 is 0 Å². The van der Waals surface area contributed by atoms with E-state index in [-0.39, 0.29) is 0 Å². The van der Waals surface area contributed by atoms with Gasteiger partial charge in [0.1, 0.15) is 0 Å². The van der Waals surface area contributed by atoms with Gasteiger partial charge in [0.05, 0.1) is 0 Å². The highest BCUT2D eigenvalue weighted by Crippen LogP contribution is 2.12. The van der Waals surface area contributed by atoms with Crippen LogP contribution in [0.2, 0.25) is 0 Å². The monoisotopic (exact) mass is 280 g/mol. The average Bonchev–Trinajstić information content (AvgIpc) is 2.30. The summed E-state index contributed by atoms with van der Waals surface area (Å²) in [4.78, 5) is 0. The highest BCUT2D eigenvalue weighted by Gasteiger charge is 1.88. The van der Waals surface area contributed by atoms with Crippen LogP contribution in [-0.2, 0) is 0 Å². The molecule has 0 fully saturated rings. The molecule has 0 amide bonds. The second-order valence-corrected chi connectivity index (χ2v) is 5.07. The van der Waals surface area contributed by atoms with Gasteiger partial charge in [0, 0.05) is 4.47 Å². The van der Waals surface area contributed by atoms with E-state index in [1.165, 1.54) is 44.1 Å². The molecule has 1 aromatic carbocycles. The van der Waals surface area contributed by atoms with E-state index < -0.39 is 0 Å². The second-order valence-electron chi connectivity index (χ2n) is 4.16. The average molecular weight is 281 g/mol. The predicted molar refractivity (Wildman–Crippen MR) is 76.6 cm³/mol. The Hall–Kier alpha value is -0.560. The second kappa shape index (κ2) is 8.58. The summed E-state index contributed by atoms with van der Waals surface area (Å²) in [5.74, 6) is 0. The fourth-order valence-corrected chi connectivity index (χ4v) is 1.92. The van der Waals surface area contributed by atoms with Crippen LogP contribution in [0.25, 0.3) is 6.08 Å². The molecule has 0 atom stereocenters. The lowest BCUT2D eigenvalue weighted by atomic mass is 10.1. The highest BCUT2D eigenvalue weighted by atomic mass is 79.9. The van der Waals surface area contributed by atoms with Gasteiger partial charge in [-0.05, 0) is 30.5 Å². The molecule has 1 heteroatoms. The van der Waals surface area contributed by atoms with Crippen molar-refractivity contribution in [2.45, 2.75) is 45.4 Å². The molecule has 0 radical (unpaired) electrons. The molecule has 1 rings (SSSR count). The van der Waals surface area contributed by atoms with Crippen molar-refractivity contribution in [1.29, 1.82) is 0 Å². The van der Waals surface area contributed by atoms with Gasteiger partial charge in [-0.25, -0.2) is 0 Å². The predicted octanol–water partition coefficient (Wildman–Crippen LogP) is 5.82. The molecule has 0 saturated heterocycles. The molecular formula is C15H21Br. The minimum absolute atomic E-state index is 1.14. The van der Waals surface area contributed by atoms with Crippen LogP contribution in [0.5, 0.6) is 0 Å². The van der Waals surface area contributed by atoms with Crippen LogP contribution < -0.4 is 0 Å². The summed E-state index contributed by atoms with van der Waals surface area (Å²) in [5.41, 5.74) is 1.29. The summed E-state index contributed by atoms with van der Waals surface area (Å²) in [5, 5.41) is 0. The SMILES string of the molecule is CCCCCCC/C=C/c1ccc(Br)cc1. The lowest BCUT2D eigenvalue weighted by Gasteiger charge is -1.97. The van der Waals surface area contributed by atoms with E-state index >= 15 is 0 Å². The fraction of sp³-hybridized carbons (Fsp3) is 0.467. The van der Waals surface area contributed by atoms with E-state index in [0.29, 0.717) is 0 Å². The molecule has 0 aromatic heterocycles. The van der Waals surface area contributed by atoms with Crippen LogP contribution in [-0.4, -0.2) is 0 Å². The Bertz CT molecular complexity index is 298. The van der Waals surface area contributed by atoms with Crippen molar-refractivity contribution in [1.82, 2.24) is 0 Å². The smallest absolute Gasteiger partial charge is 0.0175 e. The summed E-state index contributed by atoms with van der Waals surface area (Å²) in [6.07, 6.45) is 12.5. The lowest BCUT2D eigenvalue weighted by Crippen LogP contribution is -1.76. The number of benzene rings is 1. The van der Waals surface area contributed by atoms with E-state index in [1.807, 2.05) is 0 Å². The van der Waals surface area contributed by atoms with Gasteiger partial charge in [0.15, 0.2) is 0 Å². The first-order valence-corrected chi connectivity index (χ1v) is 7.04. The van der Waals surface area contributed by atoms with Gasteiger partial charge < -0.3 is 0 Å². The van der Waals surface area contributed by atoms with E-state index in [0.717, 1.165) is 4.47 Å². The third-order valence-corrected chi connectivity index (χ3v) is 3.18. The molecule has 0 bridgehead atoms. The molecule has 0 unspecified atom stereocenters. The number of rotatable bonds is 7. The van der Waals surface area contributed by atoms with Crippen molar-refractivity contribution in [3.8, 4) is 0 Å². The molecule has 1 aromatic rings. The van der Waals surface area contributed by atoms with Crippen LogP contribution in [0.15, 0.2) is 34.8 Å². The van der Waals surface area contributed by atoms with E-state index in [2.05, 4.69) is 59.3 Å². The van der Waals surface area contributed by atoms with E-state index in [4.69, 9.17) is 0 Å². The van der Waals surface area contributed by atoms with Gasteiger partial charge in [-0.3, -0.25) is 0 Å². The molecule has 0 N–H and O–H groups in total. The molecule has 0 saturated carbocycles. The van der Waals surface area contributed by atoms with Crippen molar-refractivity contribution in [3.05, 3.63) is 40.4 Å². The maximum absolute atomic E-state index is 3.44. The van der Waals surface area contributed by atoms with Crippen LogP contribution in [0.3, 0.4) is 0 Å². The zero-order valence-corrected chi connectivity index (χ0v) is 11.7. The first-order valence-electron chi connectivity index (χ1n) is 6.25. The maximum Gasteiger partial charge on any atom is 0.0175 e. The van der Waals surface area contributed by atoms with Gasteiger partial charge in [-0.1, -0.05) is 72.8 Å². The first-order chi connectivity index (χ1) is 7.83. The van der Waals surface area contributed by atoms with Crippen molar-refractivity contribution in [3.63, 3.8) is 0 Å². The molecule has 0 heterocycles. The fourth-order valence-electron chi connectivity index (χ4n) is 1.66. The molecule has 0 aliphatic heterocycles. The Labute approximate surface area is 108 Å². The molecule has 0 aliphatic carbocycles. The van der Waals surface area contributed by atoms with Gasteiger partial charge in [0.25, 0.3) is 0 Å². The third-order valence-electron chi connectivity index (χ3n) is 2.65. The Morgan fingerprint density at radius 3 is 2.38 bits per heavy atom. The van der Waals surface area contributed by atoms with Crippen molar-refractivity contribution in [2.24, 2.45) is 0 Å². The lowest BCUT2D eigenvalue weighted by molar-refractivity contribution is 0.638. The zero-order chi connectivity index (χ0) is 11.6. The molecule has 0 spiro atoms. The normalized spacial score (nSPS) is 11.1. The Kier molecular flexibility index (Phi) is 7.24. The topological polar surface area (TPSA) is 0 Å². The molecule has 0 nitrogen and oxygen atoms in total. The molecule has 88 valence electrons. The van der Waals surface area contributed by atoms with E-state index in [9.17, 15) is 0 Å². The molecule has 16 heavy (non-hydrogen) atoms. The van der Waals surface area contributed by atoms with Crippen LogP contribution >= 0.6 is 15.9 Å². The number of allylic oxidation sites excluding steroid dienone is 1. The van der Waals surface area contributed by atoms with Crippen molar-refractivity contribution in [2.75, 3.05) is 0 Å². The van der Waals surface area contributed by atoms with Crippen molar-refractivity contribution >= 4 is 22.0 Å². The van der Waals surface area contributed by atoms with Gasteiger partial charge in [0.2, 0.25) is 0 Å². The van der Waals surface area contributed by atoms with Gasteiger partial charge in [-0.15, -0.1) is 0 Å². The number of unbranched alkanes of at least 4 members (excludes halogenated alkanes) is 5. The number of halogens is 1. The molecular weight excluding hydrogens is 260 g/mol. The minimum atomic E-state index is 1.14. The minimum Gasteiger partial charge on any atom is -0.0839 e. The molecule has 0 aliphatic rings. The number of hydrogen-bond donors (Lipinski definition) is 0. The van der Waals surface area contributed by atoms with Gasteiger partial charge in [-0.2, -0.15) is 0 Å². The summed E-state index contributed by atoms with van der Waals surface area (Å²) >= 11 is 3.44. The zero-order valence-electron chi connectivity index (χ0n) is 10.1. The largest absolute Gasteiger partial charge is 0.0839 e. The third kappa shape index (κ3) is 6.12. The summed E-state index contributed by atoms with van der Waals surface area (Å²) in [6, 6.07) is 8.44. The standard InChI is InChI=1S/C15H21Br/c1-2-3-4-5-6-7-8-9-14-10-12-15(16)13-11-14/h8-13H,2-7H2,1H3/b9-8+. The Balaban J connectivity index is 2.14. The van der Waals surface area contributed by atoms with Crippen LogP contribution in [0.1, 0.15) is 51.0 Å². The quantitative estimate of drug-likeness (QED) is 0.552. The summed E-state index contributed by atoms with van der Waals surface area (Å²) < 4.78 is 1.14. The maximum atomic E-state index is 3.44. The Morgan fingerprint density at radius 1 is 1.00 bits per heavy atom. The summed E-state index contributed by atoms with van der Waals surface area (Å²) in [6.45, 7) is 2.26. The summed E-state index contributed by atoms with van der Waals surface area (Å²) in [7, 11) is 0. The van der Waals surface area contributed by atoms with E-state index in [1.54, 1.807) is 0 Å². The van der Waals surface area contributed by atoms with Crippen LogP contribution in [0, 0.1) is 0 Å².